The number of carbonyl (C=O) groups is 2. The van der Waals surface area contributed by atoms with Crippen molar-refractivity contribution in [2.24, 2.45) is 0 Å². The first-order valence-corrected chi connectivity index (χ1v) is 12.6. The van der Waals surface area contributed by atoms with E-state index in [2.05, 4.69) is 15.6 Å². The van der Waals surface area contributed by atoms with Crippen molar-refractivity contribution >= 4 is 56.6 Å². The van der Waals surface area contributed by atoms with Gasteiger partial charge in [-0.1, -0.05) is 11.6 Å². The zero-order valence-electron chi connectivity index (χ0n) is 18.9. The van der Waals surface area contributed by atoms with Crippen LogP contribution in [0.5, 0.6) is 0 Å². The second-order valence-corrected chi connectivity index (χ2v) is 9.32. The Kier molecular flexibility index (Phi) is 8.59. The number of amides is 2. The van der Waals surface area contributed by atoms with Gasteiger partial charge in [0, 0.05) is 28.2 Å². The zero-order valence-corrected chi connectivity index (χ0v) is 20.5. The van der Waals surface area contributed by atoms with E-state index in [0.29, 0.717) is 41.4 Å². The molecule has 0 atom stereocenters. The summed E-state index contributed by atoms with van der Waals surface area (Å²) in [6.07, 6.45) is 3.62. The number of amidine groups is 1. The first kappa shape index (κ1) is 26.6. The van der Waals surface area contributed by atoms with Gasteiger partial charge in [-0.2, -0.15) is 8.42 Å². The van der Waals surface area contributed by atoms with Crippen LogP contribution >= 0.6 is 11.6 Å². The minimum atomic E-state index is -3.67. The maximum absolute atomic E-state index is 12.8. The third kappa shape index (κ3) is 7.77. The normalized spacial score (nSPS) is 12.8. The van der Waals surface area contributed by atoms with Crippen LogP contribution in [0, 0.1) is 5.41 Å². The van der Waals surface area contributed by atoms with Crippen molar-refractivity contribution in [2.45, 2.75) is 0 Å². The molecule has 1 saturated heterocycles. The highest BCUT2D eigenvalue weighted by atomic mass is 35.5. The molecule has 1 aliphatic heterocycles. The lowest BCUT2D eigenvalue weighted by molar-refractivity contribution is 0.102. The molecule has 1 aliphatic rings. The van der Waals surface area contributed by atoms with Crippen LogP contribution in [0.25, 0.3) is 0 Å². The van der Waals surface area contributed by atoms with E-state index in [0.717, 1.165) is 5.69 Å². The van der Waals surface area contributed by atoms with Crippen LogP contribution in [0.15, 0.2) is 67.0 Å². The van der Waals surface area contributed by atoms with Gasteiger partial charge in [-0.25, -0.2) is 0 Å². The van der Waals surface area contributed by atoms with Gasteiger partial charge in [-0.15, -0.1) is 0 Å². The summed E-state index contributed by atoms with van der Waals surface area (Å²) in [5.74, 6) is -0.767. The number of benzene rings is 2. The number of carbonyl (C=O) groups excluding carboxylic acids is 2. The van der Waals surface area contributed by atoms with Crippen molar-refractivity contribution in [3.8, 4) is 0 Å². The monoisotopic (exact) mass is 531 g/mol. The molecule has 188 valence electrons. The van der Waals surface area contributed by atoms with Crippen LogP contribution in [-0.4, -0.2) is 55.2 Å². The van der Waals surface area contributed by atoms with Gasteiger partial charge >= 0.3 is 0 Å². The molecule has 0 unspecified atom stereocenters. The highest BCUT2D eigenvalue weighted by Gasteiger charge is 2.20. The number of rotatable bonds is 5. The van der Waals surface area contributed by atoms with Crippen molar-refractivity contribution in [1.29, 1.82) is 5.41 Å². The van der Waals surface area contributed by atoms with Crippen LogP contribution in [0.4, 0.5) is 17.1 Å². The Morgan fingerprint density at radius 3 is 2.28 bits per heavy atom. The minimum absolute atomic E-state index is 0.106. The van der Waals surface area contributed by atoms with E-state index in [1.54, 1.807) is 53.4 Å². The summed E-state index contributed by atoms with van der Waals surface area (Å²) < 4.78 is 31.0. The Bertz CT molecular complexity index is 1360. The molecule has 2 amide bonds. The first-order valence-electron chi connectivity index (χ1n) is 10.3. The highest BCUT2D eigenvalue weighted by Crippen LogP contribution is 2.22. The van der Waals surface area contributed by atoms with Crippen molar-refractivity contribution < 1.29 is 27.3 Å². The Morgan fingerprint density at radius 2 is 1.69 bits per heavy atom. The number of ether oxygens (including phenoxy) is 1. The number of hydrogen-bond donors (Lipinski definition) is 4. The predicted octanol–water partition coefficient (Wildman–Crippen LogP) is 3.51. The molecule has 1 fully saturated rings. The topological polar surface area (TPSA) is 162 Å². The Morgan fingerprint density at radius 1 is 1.06 bits per heavy atom. The molecule has 13 heteroatoms. The van der Waals surface area contributed by atoms with Gasteiger partial charge in [0.05, 0.1) is 30.2 Å². The number of nitrogens with zero attached hydrogens (tertiary/aromatic N) is 2. The molecule has 0 bridgehead atoms. The molecule has 1 aromatic heterocycles. The minimum Gasteiger partial charge on any atom is -0.463 e. The van der Waals surface area contributed by atoms with Crippen LogP contribution in [0.2, 0.25) is 5.02 Å². The summed E-state index contributed by atoms with van der Waals surface area (Å²) in [5, 5.41) is 13.8. The quantitative estimate of drug-likeness (QED) is 0.363. The van der Waals surface area contributed by atoms with Gasteiger partial charge in [0.15, 0.2) is 0 Å². The van der Waals surface area contributed by atoms with Crippen molar-refractivity contribution in [3.05, 3.63) is 83.1 Å². The van der Waals surface area contributed by atoms with Gasteiger partial charge in [-0.05, 0) is 54.6 Å². The van der Waals surface area contributed by atoms with E-state index in [9.17, 15) is 18.0 Å². The van der Waals surface area contributed by atoms with Crippen LogP contribution in [0.3, 0.4) is 0 Å². The third-order valence-corrected chi connectivity index (χ3v) is 4.91. The molecule has 4 rings (SSSR count). The van der Waals surface area contributed by atoms with Crippen LogP contribution in [-0.2, 0) is 14.9 Å². The average molecular weight is 532 g/mol. The van der Waals surface area contributed by atoms with Gasteiger partial charge in [0.2, 0.25) is 0 Å². The summed E-state index contributed by atoms with van der Waals surface area (Å²) >= 11 is 5.86. The molecule has 0 radical (unpaired) electrons. The van der Waals surface area contributed by atoms with Crippen molar-refractivity contribution in [2.75, 3.05) is 34.9 Å². The maximum Gasteiger partial charge on any atom is 0.289 e. The Labute approximate surface area is 212 Å². The van der Waals surface area contributed by atoms with Gasteiger partial charge in [0.25, 0.3) is 28.0 Å². The SMILES string of the molecule is CS(=O)(=O)O.N=C1OCCN1c1ccc(NC(=O)c2ccncc2NC(=O)c2ccc(Cl)cc2)cc1. The summed E-state index contributed by atoms with van der Waals surface area (Å²) in [6, 6.07) is 15.2. The van der Waals surface area contributed by atoms with E-state index in [1.807, 2.05) is 0 Å². The Balaban J connectivity index is 0.000000658. The number of pyridine rings is 1. The Hall–Kier alpha value is -4.00. The summed E-state index contributed by atoms with van der Waals surface area (Å²) in [6.45, 7) is 1.09. The number of aromatic nitrogens is 1. The van der Waals surface area contributed by atoms with Crippen LogP contribution in [0.1, 0.15) is 20.7 Å². The van der Waals surface area contributed by atoms with E-state index >= 15 is 0 Å². The summed E-state index contributed by atoms with van der Waals surface area (Å²) in [4.78, 5) is 31.1. The summed E-state index contributed by atoms with van der Waals surface area (Å²) in [7, 11) is -3.67. The third-order valence-electron chi connectivity index (χ3n) is 4.66. The molecular formula is C23H22ClN5O6S. The number of nitrogens with one attached hydrogen (secondary N) is 3. The molecule has 0 spiro atoms. The van der Waals surface area contributed by atoms with E-state index in [1.165, 1.54) is 18.5 Å². The fraction of sp³-hybridized carbons (Fsp3) is 0.130. The molecule has 0 aliphatic carbocycles. The second-order valence-electron chi connectivity index (χ2n) is 7.42. The van der Waals surface area contributed by atoms with E-state index in [-0.39, 0.29) is 23.4 Å². The van der Waals surface area contributed by atoms with Gasteiger partial charge < -0.3 is 15.4 Å². The molecule has 0 saturated carbocycles. The number of halogens is 1. The number of hydrogen-bond acceptors (Lipinski definition) is 7. The second kappa shape index (κ2) is 11.6. The number of anilines is 3. The van der Waals surface area contributed by atoms with Gasteiger partial charge in [-0.3, -0.25) is 29.4 Å². The molecule has 4 N–H and O–H groups in total. The largest absolute Gasteiger partial charge is 0.463 e. The molecular weight excluding hydrogens is 510 g/mol. The molecule has 2 aromatic carbocycles. The zero-order chi connectivity index (χ0) is 26.3. The van der Waals surface area contributed by atoms with Crippen molar-refractivity contribution in [3.63, 3.8) is 0 Å². The lowest BCUT2D eigenvalue weighted by atomic mass is 10.1. The predicted molar refractivity (Wildman–Crippen MR) is 137 cm³/mol. The van der Waals surface area contributed by atoms with Gasteiger partial charge in [0.1, 0.15) is 6.61 Å². The summed E-state index contributed by atoms with van der Waals surface area (Å²) in [5.41, 5.74) is 2.36. The molecule has 3 aromatic rings. The average Bonchev–Trinajstić information content (AvgIpc) is 3.25. The first-order chi connectivity index (χ1) is 17.0. The lowest BCUT2D eigenvalue weighted by Gasteiger charge is -2.15. The van der Waals surface area contributed by atoms with Crippen LogP contribution < -0.4 is 15.5 Å². The molecule has 36 heavy (non-hydrogen) atoms. The van der Waals surface area contributed by atoms with E-state index in [4.69, 9.17) is 26.3 Å². The van der Waals surface area contributed by atoms with Crippen molar-refractivity contribution in [1.82, 2.24) is 4.98 Å². The van der Waals surface area contributed by atoms with E-state index < -0.39 is 10.1 Å². The fourth-order valence-electron chi connectivity index (χ4n) is 3.07. The molecule has 11 nitrogen and oxygen atoms in total. The maximum atomic E-state index is 12.8. The smallest absolute Gasteiger partial charge is 0.289 e. The molecule has 2 heterocycles. The highest BCUT2D eigenvalue weighted by molar-refractivity contribution is 7.85. The fourth-order valence-corrected chi connectivity index (χ4v) is 3.20. The lowest BCUT2D eigenvalue weighted by Crippen LogP contribution is -2.23. The standard InChI is InChI=1S/C22H18ClN5O3.CH4O3S/c23-15-3-1-14(2-4-15)20(29)27-19-13-25-10-9-18(19)21(30)26-16-5-7-17(8-6-16)28-11-12-31-22(28)24;1-5(2,3)4/h1-10,13,24H,11-12H2,(H,26,30)(H,27,29);1H3,(H,2,3,4).